The fourth-order valence-electron chi connectivity index (χ4n) is 0.854. The molecule has 0 aromatic rings. The van der Waals surface area contributed by atoms with Crippen LogP contribution in [0.4, 0.5) is 0 Å². The molecule has 0 atom stereocenters. The summed E-state index contributed by atoms with van der Waals surface area (Å²) in [4.78, 5) is 0. The van der Waals surface area contributed by atoms with Gasteiger partial charge in [-0.05, 0) is 19.0 Å². The third-order valence-electron chi connectivity index (χ3n) is 1.89. The van der Waals surface area contributed by atoms with E-state index in [9.17, 15) is 0 Å². The van der Waals surface area contributed by atoms with Gasteiger partial charge in [0.05, 0.1) is 0 Å². The summed E-state index contributed by atoms with van der Waals surface area (Å²) in [5.74, 6) is 0. The molecule has 0 heterocycles. The first-order chi connectivity index (χ1) is 4.06. The van der Waals surface area contributed by atoms with Crippen molar-refractivity contribution in [3.8, 4) is 0 Å². The predicted octanol–water partition coefficient (Wildman–Crippen LogP) is 3.33. The molecule has 0 aromatic carbocycles. The van der Waals surface area contributed by atoms with Gasteiger partial charge in [0.1, 0.15) is 0 Å². The fraction of sp³-hybridized carbons (Fsp3) is 0.714. The summed E-state index contributed by atoms with van der Waals surface area (Å²) in [5, 5.41) is 1.22. The highest BCUT2D eigenvalue weighted by Gasteiger charge is 2.26. The van der Waals surface area contributed by atoms with E-state index in [0.29, 0.717) is 0 Å². The topological polar surface area (TPSA) is 0 Å². The summed E-state index contributed by atoms with van der Waals surface area (Å²) in [5.41, 5.74) is 0. The maximum Gasteiger partial charge on any atom is 0.181 e. The van der Waals surface area contributed by atoms with E-state index in [0.717, 1.165) is 12.1 Å². The van der Waals surface area contributed by atoms with Crippen LogP contribution in [0, 0.1) is 0 Å². The number of halogens is 1. The van der Waals surface area contributed by atoms with Crippen molar-refractivity contribution in [3.05, 3.63) is 11.8 Å². The Kier molecular flexibility index (Phi) is 3.52. The largest absolute Gasteiger partial charge is 0.181 e. The van der Waals surface area contributed by atoms with Gasteiger partial charge in [0.2, 0.25) is 0 Å². The van der Waals surface area contributed by atoms with Crippen LogP contribution in [0.2, 0.25) is 12.1 Å². The molecule has 0 aliphatic carbocycles. The van der Waals surface area contributed by atoms with Crippen molar-refractivity contribution >= 4 is 18.5 Å². The maximum atomic E-state index is 6.28. The molecule has 0 N–H and O–H groups in total. The van der Waals surface area contributed by atoms with Crippen molar-refractivity contribution < 1.29 is 0 Å². The molecule has 0 aliphatic heterocycles. The van der Waals surface area contributed by atoms with Crippen LogP contribution >= 0.6 is 11.1 Å². The van der Waals surface area contributed by atoms with Gasteiger partial charge in [-0.15, -0.1) is 6.58 Å². The Morgan fingerprint density at radius 1 is 1.44 bits per heavy atom. The Bertz CT molecular complexity index is 105. The van der Waals surface area contributed by atoms with Crippen LogP contribution < -0.4 is 0 Å². The molecule has 0 bridgehead atoms. The average molecular weight is 163 g/mol. The van der Waals surface area contributed by atoms with Gasteiger partial charge in [-0.3, -0.25) is 0 Å². The summed E-state index contributed by atoms with van der Waals surface area (Å²) in [6, 6.07) is 2.22. The lowest BCUT2D eigenvalue weighted by Crippen LogP contribution is -2.25. The Balaban J connectivity index is 4.09. The minimum absolute atomic E-state index is 1.11. The summed E-state index contributed by atoms with van der Waals surface area (Å²) >= 11 is 6.28. The van der Waals surface area contributed by atoms with Crippen molar-refractivity contribution in [1.29, 1.82) is 0 Å². The van der Waals surface area contributed by atoms with Crippen LogP contribution in [0.15, 0.2) is 11.8 Å². The van der Waals surface area contributed by atoms with E-state index in [-0.39, 0.29) is 0 Å². The second-order valence-corrected chi connectivity index (χ2v) is 8.82. The first-order valence-corrected chi connectivity index (χ1v) is 6.84. The molecule has 2 heteroatoms. The zero-order valence-electron chi connectivity index (χ0n) is 6.50. The lowest BCUT2D eigenvalue weighted by atomic mass is 10.7. The fourth-order valence-corrected chi connectivity index (χ4v) is 2.56. The van der Waals surface area contributed by atoms with Gasteiger partial charge in [0.25, 0.3) is 0 Å². The van der Waals surface area contributed by atoms with Crippen LogP contribution in [0.1, 0.15) is 20.8 Å². The molecule has 9 heavy (non-hydrogen) atoms. The zero-order valence-corrected chi connectivity index (χ0v) is 8.26. The first-order valence-electron chi connectivity index (χ1n) is 3.41. The molecule has 0 unspecified atom stereocenters. The van der Waals surface area contributed by atoms with Crippen molar-refractivity contribution in [2.45, 2.75) is 32.9 Å². The Morgan fingerprint density at radius 2 is 1.78 bits per heavy atom. The maximum absolute atomic E-state index is 6.28. The molecular weight excluding hydrogens is 148 g/mol. The second kappa shape index (κ2) is 3.42. The molecule has 0 radical (unpaired) electrons. The molecule has 0 amide bonds. The van der Waals surface area contributed by atoms with E-state index in [1.807, 2.05) is 6.92 Å². The monoisotopic (exact) mass is 162 g/mol. The van der Waals surface area contributed by atoms with Gasteiger partial charge in [-0.25, -0.2) is 0 Å². The van der Waals surface area contributed by atoms with E-state index in [2.05, 4.69) is 20.4 Å². The number of hydrogen-bond donors (Lipinski definition) is 0. The van der Waals surface area contributed by atoms with Crippen LogP contribution in [-0.4, -0.2) is 7.38 Å². The molecule has 0 rings (SSSR count). The number of hydrogen-bond acceptors (Lipinski definition) is 0. The molecule has 0 nitrogen and oxygen atoms in total. The van der Waals surface area contributed by atoms with Crippen molar-refractivity contribution in [3.63, 3.8) is 0 Å². The summed E-state index contributed by atoms with van der Waals surface area (Å²) in [6.07, 6.45) is 0. The Labute approximate surface area is 63.6 Å². The zero-order chi connectivity index (χ0) is 7.49. The van der Waals surface area contributed by atoms with Crippen molar-refractivity contribution in [2.24, 2.45) is 0 Å². The third kappa shape index (κ3) is 2.15. The summed E-state index contributed by atoms with van der Waals surface area (Å²) in [6.45, 7) is 10.2. The van der Waals surface area contributed by atoms with E-state index < -0.39 is 7.38 Å². The number of rotatable bonds is 3. The molecule has 0 fully saturated rings. The summed E-state index contributed by atoms with van der Waals surface area (Å²) < 4.78 is 0. The van der Waals surface area contributed by atoms with Gasteiger partial charge in [0.15, 0.2) is 7.38 Å². The molecule has 0 saturated carbocycles. The van der Waals surface area contributed by atoms with Gasteiger partial charge in [-0.1, -0.05) is 19.0 Å². The van der Waals surface area contributed by atoms with Crippen LogP contribution in [-0.2, 0) is 0 Å². The minimum atomic E-state index is -1.50. The molecule has 0 aliphatic rings. The highest BCUT2D eigenvalue weighted by molar-refractivity contribution is 7.24. The van der Waals surface area contributed by atoms with Crippen LogP contribution in [0.3, 0.4) is 0 Å². The minimum Gasteiger partial charge on any atom is -0.161 e. The van der Waals surface area contributed by atoms with E-state index >= 15 is 0 Å². The van der Waals surface area contributed by atoms with E-state index in [4.69, 9.17) is 11.1 Å². The highest BCUT2D eigenvalue weighted by atomic mass is 35.6. The normalized spacial score (nSPS) is 11.6. The van der Waals surface area contributed by atoms with Crippen LogP contribution in [0.25, 0.3) is 0 Å². The van der Waals surface area contributed by atoms with Gasteiger partial charge >= 0.3 is 0 Å². The predicted molar refractivity (Wildman–Crippen MR) is 47.4 cm³/mol. The molecule has 0 spiro atoms. The van der Waals surface area contributed by atoms with Gasteiger partial charge in [-0.2, -0.15) is 11.1 Å². The smallest absolute Gasteiger partial charge is 0.161 e. The summed E-state index contributed by atoms with van der Waals surface area (Å²) in [7, 11) is -1.50. The first kappa shape index (κ1) is 9.25. The molecular formula is C7H15ClSi. The third-order valence-corrected chi connectivity index (χ3v) is 8.23. The quantitative estimate of drug-likeness (QED) is 0.441. The second-order valence-electron chi connectivity index (χ2n) is 2.45. The van der Waals surface area contributed by atoms with Gasteiger partial charge < -0.3 is 0 Å². The lowest BCUT2D eigenvalue weighted by molar-refractivity contribution is 1.29. The standard InChI is InChI=1S/C7H15ClSi/c1-5-9(8,6-2)7(3)4/h3,5-6H2,1-2,4H3. The van der Waals surface area contributed by atoms with Gasteiger partial charge in [0, 0.05) is 0 Å². The van der Waals surface area contributed by atoms with Crippen molar-refractivity contribution in [1.82, 2.24) is 0 Å². The molecule has 54 valence electrons. The number of allylic oxidation sites excluding steroid dienone is 1. The Morgan fingerprint density at radius 3 is 1.78 bits per heavy atom. The SMILES string of the molecule is C=C(C)[Si](Cl)(CC)CC. The molecule has 0 aromatic heterocycles. The highest BCUT2D eigenvalue weighted by Crippen LogP contribution is 2.26. The molecule has 0 saturated heterocycles. The Hall–Kier alpha value is 0.247. The lowest BCUT2D eigenvalue weighted by Gasteiger charge is -2.20. The average Bonchev–Trinajstić information content (AvgIpc) is 1.86. The van der Waals surface area contributed by atoms with Crippen molar-refractivity contribution in [2.75, 3.05) is 0 Å². The van der Waals surface area contributed by atoms with E-state index in [1.54, 1.807) is 0 Å². The van der Waals surface area contributed by atoms with E-state index in [1.165, 1.54) is 5.20 Å². The van der Waals surface area contributed by atoms with Crippen LogP contribution in [0.5, 0.6) is 0 Å².